The van der Waals surface area contributed by atoms with Gasteiger partial charge in [-0.15, -0.1) is 0 Å². The van der Waals surface area contributed by atoms with Crippen molar-refractivity contribution in [2.45, 2.75) is 18.5 Å². The quantitative estimate of drug-likeness (QED) is 0.800. The van der Waals surface area contributed by atoms with Gasteiger partial charge in [0.1, 0.15) is 0 Å². The third-order valence-electron chi connectivity index (χ3n) is 2.12. The summed E-state index contributed by atoms with van der Waals surface area (Å²) in [6, 6.07) is 9.73. The third kappa shape index (κ3) is 5.42. The van der Waals surface area contributed by atoms with Gasteiger partial charge in [-0.3, -0.25) is 0 Å². The van der Waals surface area contributed by atoms with Crippen LogP contribution in [0, 0.1) is 0 Å². The van der Waals surface area contributed by atoms with E-state index >= 15 is 0 Å². The molecule has 1 nitrogen and oxygen atoms in total. The zero-order valence-corrected chi connectivity index (χ0v) is 9.74. The number of halogens is 3. The van der Waals surface area contributed by atoms with Crippen molar-refractivity contribution in [2.75, 3.05) is 12.3 Å². The first-order valence-electron chi connectivity index (χ1n) is 4.98. The Bertz CT molecular complexity index is 300. The lowest BCUT2D eigenvalue weighted by Gasteiger charge is -2.14. The van der Waals surface area contributed by atoms with Crippen LogP contribution in [-0.4, -0.2) is 17.8 Å². The zero-order valence-electron chi connectivity index (χ0n) is 8.92. The van der Waals surface area contributed by atoms with Crippen molar-refractivity contribution < 1.29 is 13.2 Å². The summed E-state index contributed by atoms with van der Waals surface area (Å²) in [5.74, 6) is 0.0423. The summed E-state index contributed by atoms with van der Waals surface area (Å²) in [6.45, 7) is 2.29. The van der Waals surface area contributed by atoms with Crippen LogP contribution in [0.25, 0.3) is 0 Å². The van der Waals surface area contributed by atoms with Gasteiger partial charge in [0.25, 0.3) is 0 Å². The molecule has 0 aliphatic heterocycles. The van der Waals surface area contributed by atoms with Gasteiger partial charge in [-0.05, 0) is 24.2 Å². The molecule has 0 aromatic heterocycles. The number of hydrogen-bond donors (Lipinski definition) is 1. The molecule has 1 aromatic rings. The maximum Gasteiger partial charge on any atom is 0.441 e. The smallest absolute Gasteiger partial charge is 0.309 e. The Balaban J connectivity index is 2.24. The van der Waals surface area contributed by atoms with Crippen molar-refractivity contribution in [1.29, 1.82) is 0 Å². The Morgan fingerprint density at radius 3 is 2.44 bits per heavy atom. The second kappa shape index (κ2) is 6.15. The number of rotatable bonds is 5. The zero-order chi connectivity index (χ0) is 12.0. The minimum atomic E-state index is -4.13. The summed E-state index contributed by atoms with van der Waals surface area (Å²) in [4.78, 5) is 0. The Labute approximate surface area is 97.4 Å². The van der Waals surface area contributed by atoms with Gasteiger partial charge in [-0.1, -0.05) is 30.3 Å². The monoisotopic (exact) mass is 249 g/mol. The van der Waals surface area contributed by atoms with E-state index in [1.165, 1.54) is 0 Å². The second-order valence-electron chi connectivity index (χ2n) is 3.38. The topological polar surface area (TPSA) is 12.0 Å². The number of alkyl halides is 3. The van der Waals surface area contributed by atoms with Crippen molar-refractivity contribution in [3.8, 4) is 0 Å². The van der Waals surface area contributed by atoms with E-state index < -0.39 is 5.51 Å². The van der Waals surface area contributed by atoms with Crippen LogP contribution in [-0.2, 0) is 0 Å². The predicted octanol–water partition coefficient (Wildman–Crippen LogP) is 3.59. The Morgan fingerprint density at radius 2 is 1.88 bits per heavy atom. The van der Waals surface area contributed by atoms with Crippen LogP contribution in [0.1, 0.15) is 18.5 Å². The molecule has 0 aliphatic carbocycles. The first kappa shape index (κ1) is 13.4. The second-order valence-corrected chi connectivity index (χ2v) is 4.54. The molecule has 0 amide bonds. The molecule has 1 N–H and O–H groups in total. The molecular formula is C11H14F3NS. The van der Waals surface area contributed by atoms with E-state index in [4.69, 9.17) is 0 Å². The first-order chi connectivity index (χ1) is 7.49. The standard InChI is InChI=1S/C11H14F3NS/c1-9(10-5-3-2-4-6-10)15-7-8-16-11(12,13)14/h2-6,9,15H,7-8H2,1H3/t9-/m1/s1. The Hall–Kier alpha value is -0.680. The van der Waals surface area contributed by atoms with Crippen molar-refractivity contribution in [3.63, 3.8) is 0 Å². The molecule has 0 heterocycles. The molecule has 0 spiro atoms. The molecule has 0 aliphatic rings. The van der Waals surface area contributed by atoms with Gasteiger partial charge >= 0.3 is 5.51 Å². The molecule has 0 fully saturated rings. The van der Waals surface area contributed by atoms with Gasteiger partial charge in [0, 0.05) is 18.3 Å². The number of nitrogens with one attached hydrogen (secondary N) is 1. The van der Waals surface area contributed by atoms with Crippen LogP contribution < -0.4 is 5.32 Å². The van der Waals surface area contributed by atoms with Gasteiger partial charge in [0.15, 0.2) is 0 Å². The van der Waals surface area contributed by atoms with Crippen molar-refractivity contribution >= 4 is 11.8 Å². The fraction of sp³-hybridized carbons (Fsp3) is 0.455. The molecule has 0 unspecified atom stereocenters. The lowest BCUT2D eigenvalue weighted by Crippen LogP contribution is -2.22. The minimum Gasteiger partial charge on any atom is -0.309 e. The molecule has 0 radical (unpaired) electrons. The van der Waals surface area contributed by atoms with Gasteiger partial charge in [0.2, 0.25) is 0 Å². The normalized spacial score (nSPS) is 13.8. The van der Waals surface area contributed by atoms with Crippen molar-refractivity contribution in [2.24, 2.45) is 0 Å². The molecule has 16 heavy (non-hydrogen) atoms. The fourth-order valence-electron chi connectivity index (χ4n) is 1.30. The largest absolute Gasteiger partial charge is 0.441 e. The summed E-state index contributed by atoms with van der Waals surface area (Å²) in [5.41, 5.74) is -3.04. The number of hydrogen-bond acceptors (Lipinski definition) is 2. The molecular weight excluding hydrogens is 235 g/mol. The summed E-state index contributed by atoms with van der Waals surface area (Å²) >= 11 is 0.00825. The molecule has 1 atom stereocenters. The van der Waals surface area contributed by atoms with E-state index in [1.54, 1.807) is 0 Å². The van der Waals surface area contributed by atoms with Crippen LogP contribution in [0.5, 0.6) is 0 Å². The summed E-state index contributed by atoms with van der Waals surface area (Å²) < 4.78 is 35.5. The van der Waals surface area contributed by atoms with Crippen LogP contribution in [0.3, 0.4) is 0 Å². The first-order valence-corrected chi connectivity index (χ1v) is 5.96. The molecule has 90 valence electrons. The number of thioether (sulfide) groups is 1. The molecule has 0 saturated carbocycles. The third-order valence-corrected chi connectivity index (χ3v) is 2.85. The number of benzene rings is 1. The lowest BCUT2D eigenvalue weighted by atomic mass is 10.1. The highest BCUT2D eigenvalue weighted by atomic mass is 32.2. The van der Waals surface area contributed by atoms with Crippen LogP contribution >= 0.6 is 11.8 Å². The summed E-state index contributed by atoms with van der Waals surface area (Å²) in [6.07, 6.45) is 0. The van der Waals surface area contributed by atoms with E-state index in [0.717, 1.165) is 5.56 Å². The summed E-state index contributed by atoms with van der Waals surface area (Å²) in [5, 5.41) is 3.05. The van der Waals surface area contributed by atoms with Gasteiger partial charge in [-0.2, -0.15) is 13.2 Å². The van der Waals surface area contributed by atoms with E-state index in [0.29, 0.717) is 6.54 Å². The van der Waals surface area contributed by atoms with Crippen LogP contribution in [0.2, 0.25) is 0 Å². The SMILES string of the molecule is C[C@@H](NCCSC(F)(F)F)c1ccccc1. The fourth-order valence-corrected chi connectivity index (χ4v) is 1.75. The highest BCUT2D eigenvalue weighted by Crippen LogP contribution is 2.29. The van der Waals surface area contributed by atoms with E-state index in [-0.39, 0.29) is 23.6 Å². The van der Waals surface area contributed by atoms with Crippen LogP contribution in [0.15, 0.2) is 30.3 Å². The van der Waals surface area contributed by atoms with Crippen molar-refractivity contribution in [1.82, 2.24) is 5.32 Å². The highest BCUT2D eigenvalue weighted by Gasteiger charge is 2.27. The van der Waals surface area contributed by atoms with Gasteiger partial charge in [0.05, 0.1) is 0 Å². The molecule has 5 heteroatoms. The molecule has 1 rings (SSSR count). The molecule has 1 aromatic carbocycles. The van der Waals surface area contributed by atoms with E-state index in [2.05, 4.69) is 5.32 Å². The van der Waals surface area contributed by atoms with E-state index in [9.17, 15) is 13.2 Å². The Kier molecular flexibility index (Phi) is 5.15. The van der Waals surface area contributed by atoms with Gasteiger partial charge < -0.3 is 5.32 Å². The maximum absolute atomic E-state index is 11.8. The average molecular weight is 249 g/mol. The molecule has 0 saturated heterocycles. The molecule has 0 bridgehead atoms. The van der Waals surface area contributed by atoms with Crippen molar-refractivity contribution in [3.05, 3.63) is 35.9 Å². The Morgan fingerprint density at radius 1 is 1.25 bits per heavy atom. The predicted molar refractivity (Wildman–Crippen MR) is 61.4 cm³/mol. The highest BCUT2D eigenvalue weighted by molar-refractivity contribution is 8.00. The summed E-state index contributed by atoms with van der Waals surface area (Å²) in [7, 11) is 0. The minimum absolute atomic E-state index is 0.00825. The van der Waals surface area contributed by atoms with Gasteiger partial charge in [-0.25, -0.2) is 0 Å². The lowest BCUT2D eigenvalue weighted by molar-refractivity contribution is -0.0327. The van der Waals surface area contributed by atoms with Crippen LogP contribution in [0.4, 0.5) is 13.2 Å². The maximum atomic E-state index is 11.8. The van der Waals surface area contributed by atoms with E-state index in [1.807, 2.05) is 37.3 Å². The average Bonchev–Trinajstić information content (AvgIpc) is 2.24.